The number of ether oxygens (including phenoxy) is 5. The summed E-state index contributed by atoms with van der Waals surface area (Å²) in [6.45, 7) is 8.91. The molecular formula is C41H54FN7O7S. The van der Waals surface area contributed by atoms with Crippen molar-refractivity contribution in [2.24, 2.45) is 0 Å². The first-order valence-corrected chi connectivity index (χ1v) is 21.6. The molecule has 0 radical (unpaired) electrons. The van der Waals surface area contributed by atoms with Crippen LogP contribution in [0.25, 0.3) is 11.0 Å². The highest BCUT2D eigenvalue weighted by molar-refractivity contribution is 7.91. The first-order chi connectivity index (χ1) is 27.6. The molecule has 1 amide bonds. The van der Waals surface area contributed by atoms with Crippen molar-refractivity contribution < 1.29 is 37.1 Å². The van der Waals surface area contributed by atoms with Crippen molar-refractivity contribution in [3.05, 3.63) is 88.6 Å². The van der Waals surface area contributed by atoms with Gasteiger partial charge in [0, 0.05) is 70.2 Å². The Morgan fingerprint density at radius 3 is 2.33 bits per heavy atom. The summed E-state index contributed by atoms with van der Waals surface area (Å²) in [7, 11) is -2.77. The second-order valence-corrected chi connectivity index (χ2v) is 16.4. The van der Waals surface area contributed by atoms with Crippen LogP contribution in [0.15, 0.2) is 54.6 Å². The molecule has 16 heteroatoms. The summed E-state index contributed by atoms with van der Waals surface area (Å²) in [6, 6.07) is 17.3. The number of nitrogens with zero attached hydrogens (tertiary/aromatic N) is 5. The number of likely N-dealkylation sites (tertiary alicyclic amines) is 1. The van der Waals surface area contributed by atoms with Crippen LogP contribution in [0.5, 0.6) is 5.88 Å². The van der Waals surface area contributed by atoms with E-state index < -0.39 is 15.5 Å². The predicted molar refractivity (Wildman–Crippen MR) is 214 cm³/mol. The Bertz CT molecular complexity index is 2050. The number of aryl methyl sites for hydroxylation is 1. The van der Waals surface area contributed by atoms with Crippen LogP contribution in [0.4, 0.5) is 4.39 Å². The number of aromatic nitrogens is 3. The van der Waals surface area contributed by atoms with Crippen LogP contribution in [0.3, 0.4) is 0 Å². The van der Waals surface area contributed by atoms with Crippen LogP contribution >= 0.6 is 0 Å². The molecule has 14 nitrogen and oxygen atoms in total. The van der Waals surface area contributed by atoms with Crippen molar-refractivity contribution in [3.8, 4) is 11.9 Å². The lowest BCUT2D eigenvalue weighted by Gasteiger charge is -2.31. The number of pyridine rings is 1. The molecular weight excluding hydrogens is 754 g/mol. The maximum atomic E-state index is 14.4. The number of amides is 1. The second kappa shape index (κ2) is 22.4. The van der Waals surface area contributed by atoms with Gasteiger partial charge in [0.15, 0.2) is 0 Å². The summed E-state index contributed by atoms with van der Waals surface area (Å²) in [6.07, 6.45) is 4.15. The van der Waals surface area contributed by atoms with Gasteiger partial charge in [-0.05, 0) is 68.8 Å². The van der Waals surface area contributed by atoms with E-state index in [1.165, 1.54) is 12.3 Å². The monoisotopic (exact) mass is 807 g/mol. The Kier molecular flexibility index (Phi) is 17.2. The highest BCUT2D eigenvalue weighted by atomic mass is 32.2. The standard InChI is InChI=1S/C41H54FN7O7S/c1-3-17-52-19-21-54-23-24-55-22-20-53-18-13-45-41(50)33-9-10-37-38(27-33)49(16-25-57(2,44)51)39(46-37)29-48-14-11-32(12-15-48)36-5-4-6-40(47-36)56-30-34-8-7-31(28-43)26-35(34)42/h4-10,26-27,32,44H,3,11-25,29-30H2,1-2H3,(H,45,50). The smallest absolute Gasteiger partial charge is 0.251 e. The Morgan fingerprint density at radius 2 is 1.67 bits per heavy atom. The van der Waals surface area contributed by atoms with Crippen LogP contribution < -0.4 is 10.1 Å². The summed E-state index contributed by atoms with van der Waals surface area (Å²) in [5.41, 5.74) is 3.48. The number of carbonyl (C=O) groups excluding carboxylic acids is 1. The van der Waals surface area contributed by atoms with Crippen molar-refractivity contribution in [1.82, 2.24) is 24.8 Å². The largest absolute Gasteiger partial charge is 0.473 e. The molecule has 3 heterocycles. The molecule has 308 valence electrons. The second-order valence-electron chi connectivity index (χ2n) is 14.0. The summed E-state index contributed by atoms with van der Waals surface area (Å²) < 4.78 is 64.6. The van der Waals surface area contributed by atoms with E-state index in [4.69, 9.17) is 43.7 Å². The van der Waals surface area contributed by atoms with E-state index in [1.807, 2.05) is 28.8 Å². The van der Waals surface area contributed by atoms with Gasteiger partial charge in [-0.25, -0.2) is 14.4 Å². The third kappa shape index (κ3) is 14.1. The number of benzene rings is 2. The zero-order valence-electron chi connectivity index (χ0n) is 32.9. The summed E-state index contributed by atoms with van der Waals surface area (Å²) in [5, 5.41) is 11.9. The number of rotatable bonds is 24. The predicted octanol–water partition coefficient (Wildman–Crippen LogP) is 5.28. The summed E-state index contributed by atoms with van der Waals surface area (Å²) in [5.74, 6) is 0.854. The van der Waals surface area contributed by atoms with E-state index in [0.29, 0.717) is 82.9 Å². The molecule has 0 spiro atoms. The molecule has 0 saturated carbocycles. The maximum Gasteiger partial charge on any atom is 0.251 e. The first-order valence-electron chi connectivity index (χ1n) is 19.4. The van der Waals surface area contributed by atoms with Gasteiger partial charge in [0.2, 0.25) is 5.88 Å². The van der Waals surface area contributed by atoms with E-state index >= 15 is 0 Å². The minimum atomic E-state index is -2.77. The van der Waals surface area contributed by atoms with Crippen molar-refractivity contribution in [1.29, 1.82) is 10.0 Å². The van der Waals surface area contributed by atoms with Crippen LogP contribution in [0.2, 0.25) is 0 Å². The fraction of sp³-hybridized carbons (Fsp3) is 0.512. The van der Waals surface area contributed by atoms with E-state index in [-0.39, 0.29) is 29.7 Å². The fourth-order valence-corrected chi connectivity index (χ4v) is 6.94. The Hall–Kier alpha value is -4.50. The Balaban J connectivity index is 1.10. The van der Waals surface area contributed by atoms with Gasteiger partial charge in [-0.15, -0.1) is 0 Å². The molecule has 2 N–H and O–H groups in total. The number of nitrogens with one attached hydrogen (secondary N) is 2. The topological polar surface area (TPSA) is 174 Å². The molecule has 2 aromatic heterocycles. The quantitative estimate of drug-likeness (QED) is 0.0882. The van der Waals surface area contributed by atoms with Crippen molar-refractivity contribution >= 4 is 26.7 Å². The van der Waals surface area contributed by atoms with Crippen LogP contribution in [0.1, 0.15) is 65.1 Å². The molecule has 4 aromatic rings. The van der Waals surface area contributed by atoms with Gasteiger partial charge < -0.3 is 33.6 Å². The minimum Gasteiger partial charge on any atom is -0.473 e. The SMILES string of the molecule is CCCOCCOCCOCCOCCNC(=O)c1ccc2nc(CN3CCC(c4cccc(OCc5ccc(C#N)cc5F)n4)CC3)n(CCS(C)(=N)=O)c2c1. The molecule has 1 aliphatic rings. The normalized spacial score (nSPS) is 14.7. The summed E-state index contributed by atoms with van der Waals surface area (Å²) in [4.78, 5) is 25.1. The van der Waals surface area contributed by atoms with Gasteiger partial charge in [0.05, 0.1) is 75.5 Å². The molecule has 1 unspecified atom stereocenters. The lowest BCUT2D eigenvalue weighted by atomic mass is 9.93. The average molecular weight is 808 g/mol. The van der Waals surface area contributed by atoms with Gasteiger partial charge in [0.1, 0.15) is 18.2 Å². The Morgan fingerprint density at radius 1 is 0.965 bits per heavy atom. The number of halogens is 1. The van der Waals surface area contributed by atoms with Gasteiger partial charge >= 0.3 is 0 Å². The highest BCUT2D eigenvalue weighted by Gasteiger charge is 2.24. The number of nitriles is 1. The lowest BCUT2D eigenvalue weighted by Crippen LogP contribution is -2.33. The number of piperidine rings is 1. The molecule has 1 saturated heterocycles. The number of hydrogen-bond acceptors (Lipinski definition) is 12. The maximum absolute atomic E-state index is 14.4. The van der Waals surface area contributed by atoms with E-state index in [0.717, 1.165) is 61.5 Å². The molecule has 5 rings (SSSR count). The lowest BCUT2D eigenvalue weighted by molar-refractivity contribution is -0.00131. The van der Waals surface area contributed by atoms with Crippen molar-refractivity contribution in [2.45, 2.75) is 51.8 Å². The number of carbonyl (C=O) groups is 1. The third-order valence-corrected chi connectivity index (χ3v) is 10.4. The number of hydrogen-bond donors (Lipinski definition) is 2. The van der Waals surface area contributed by atoms with Gasteiger partial charge in [-0.2, -0.15) is 5.26 Å². The van der Waals surface area contributed by atoms with E-state index in [2.05, 4.69) is 17.1 Å². The average Bonchev–Trinajstić information content (AvgIpc) is 3.55. The third-order valence-electron chi connectivity index (χ3n) is 9.46. The van der Waals surface area contributed by atoms with Gasteiger partial charge in [0.25, 0.3) is 5.91 Å². The first kappa shape index (κ1) is 43.6. The Labute approximate surface area is 334 Å². The molecule has 1 atom stereocenters. The van der Waals surface area contributed by atoms with Crippen molar-refractivity contribution in [3.63, 3.8) is 0 Å². The molecule has 0 bridgehead atoms. The molecule has 0 aliphatic carbocycles. The minimum absolute atomic E-state index is 0.00604. The highest BCUT2D eigenvalue weighted by Crippen LogP contribution is 2.29. The fourth-order valence-electron chi connectivity index (χ4n) is 6.41. The number of imidazole rings is 1. The molecule has 2 aromatic carbocycles. The van der Waals surface area contributed by atoms with Crippen molar-refractivity contribution in [2.75, 3.05) is 84.5 Å². The van der Waals surface area contributed by atoms with Crippen LogP contribution in [0, 0.1) is 21.9 Å². The van der Waals surface area contributed by atoms with Crippen LogP contribution in [-0.2, 0) is 48.4 Å². The number of fused-ring (bicyclic) bond motifs is 1. The van der Waals surface area contributed by atoms with Gasteiger partial charge in [-0.1, -0.05) is 19.1 Å². The van der Waals surface area contributed by atoms with Crippen LogP contribution in [-0.4, -0.2) is 114 Å². The zero-order chi connectivity index (χ0) is 40.5. The van der Waals surface area contributed by atoms with Gasteiger partial charge in [-0.3, -0.25) is 18.7 Å². The zero-order valence-corrected chi connectivity index (χ0v) is 33.7. The summed E-state index contributed by atoms with van der Waals surface area (Å²) >= 11 is 0. The van der Waals surface area contributed by atoms with E-state index in [1.54, 1.807) is 30.3 Å². The molecule has 57 heavy (non-hydrogen) atoms. The van der Waals surface area contributed by atoms with E-state index in [9.17, 15) is 13.4 Å². The molecule has 1 fully saturated rings. The molecule has 1 aliphatic heterocycles.